The van der Waals surface area contributed by atoms with Gasteiger partial charge in [0.05, 0.1) is 6.20 Å². The molecule has 3 N–H and O–H groups in total. The molecule has 0 aliphatic carbocycles. The Morgan fingerprint density at radius 2 is 2.26 bits per heavy atom. The first-order valence-electron chi connectivity index (χ1n) is 6.38. The van der Waals surface area contributed by atoms with Crippen LogP contribution in [0.5, 0.6) is 0 Å². The monoisotopic (exact) mass is 256 g/mol. The first-order chi connectivity index (χ1) is 9.25. The topological polar surface area (TPSA) is 69.8 Å². The molecular formula is C14H16N4O. The van der Waals surface area contributed by atoms with Gasteiger partial charge in [0.25, 0.3) is 0 Å². The number of rotatable bonds is 2. The van der Waals surface area contributed by atoms with Crippen molar-refractivity contribution in [3.63, 3.8) is 0 Å². The number of hydrogen-bond donors (Lipinski definition) is 3. The highest BCUT2D eigenvalue weighted by atomic mass is 16.2. The summed E-state index contributed by atoms with van der Waals surface area (Å²) in [6, 6.07) is 7.77. The first-order valence-corrected chi connectivity index (χ1v) is 6.38. The van der Waals surface area contributed by atoms with Gasteiger partial charge < -0.3 is 10.6 Å². The van der Waals surface area contributed by atoms with E-state index in [1.165, 1.54) is 5.56 Å². The summed E-state index contributed by atoms with van der Waals surface area (Å²) in [6.45, 7) is 2.72. The van der Waals surface area contributed by atoms with Crippen LogP contribution in [0.3, 0.4) is 0 Å². The van der Waals surface area contributed by atoms with E-state index in [1.54, 1.807) is 6.20 Å². The molecule has 5 heteroatoms. The minimum atomic E-state index is -0.298. The lowest BCUT2D eigenvalue weighted by molar-refractivity contribution is -0.118. The summed E-state index contributed by atoms with van der Waals surface area (Å²) in [6.07, 6.45) is 2.65. The minimum Gasteiger partial charge on any atom is -0.309 e. The van der Waals surface area contributed by atoms with Crippen molar-refractivity contribution in [2.24, 2.45) is 0 Å². The molecule has 19 heavy (non-hydrogen) atoms. The lowest BCUT2D eigenvalue weighted by Crippen LogP contribution is -2.38. The van der Waals surface area contributed by atoms with E-state index in [-0.39, 0.29) is 11.9 Å². The molecule has 1 aromatic heterocycles. The zero-order chi connectivity index (χ0) is 13.2. The molecule has 1 aliphatic heterocycles. The fraction of sp³-hybridized carbons (Fsp3) is 0.286. The number of aryl methyl sites for hydroxylation is 1. The van der Waals surface area contributed by atoms with Crippen LogP contribution in [-0.4, -0.2) is 22.6 Å². The highest BCUT2D eigenvalue weighted by molar-refractivity contribution is 5.95. The molecule has 0 spiro atoms. The van der Waals surface area contributed by atoms with Crippen LogP contribution in [0, 0.1) is 6.92 Å². The average Bonchev–Trinajstić information content (AvgIpc) is 2.83. The molecule has 98 valence electrons. The van der Waals surface area contributed by atoms with Crippen LogP contribution in [0.2, 0.25) is 0 Å². The van der Waals surface area contributed by atoms with Crippen molar-refractivity contribution in [1.82, 2.24) is 15.5 Å². The third-order valence-corrected chi connectivity index (χ3v) is 3.45. The van der Waals surface area contributed by atoms with Crippen LogP contribution in [0.15, 0.2) is 30.5 Å². The van der Waals surface area contributed by atoms with Gasteiger partial charge >= 0.3 is 0 Å². The third-order valence-electron chi connectivity index (χ3n) is 3.45. The van der Waals surface area contributed by atoms with Crippen molar-refractivity contribution in [3.05, 3.63) is 47.2 Å². The summed E-state index contributed by atoms with van der Waals surface area (Å²) in [4.78, 5) is 12.4. The molecule has 3 rings (SSSR count). The van der Waals surface area contributed by atoms with E-state index in [0.717, 1.165) is 24.1 Å². The van der Waals surface area contributed by atoms with Crippen LogP contribution >= 0.6 is 0 Å². The summed E-state index contributed by atoms with van der Waals surface area (Å²) in [5.41, 5.74) is 3.23. The molecule has 1 aromatic carbocycles. The van der Waals surface area contributed by atoms with Crippen LogP contribution in [-0.2, 0) is 11.2 Å². The number of hydrogen-bond acceptors (Lipinski definition) is 3. The lowest BCUT2D eigenvalue weighted by Gasteiger charge is -2.25. The summed E-state index contributed by atoms with van der Waals surface area (Å²) in [5.74, 6) is 0.606. The number of fused-ring (bicyclic) bond motifs is 1. The highest BCUT2D eigenvalue weighted by Gasteiger charge is 2.26. The molecule has 2 aromatic rings. The van der Waals surface area contributed by atoms with E-state index in [9.17, 15) is 4.79 Å². The Bertz CT molecular complexity index is 605. The van der Waals surface area contributed by atoms with Crippen molar-refractivity contribution in [2.75, 3.05) is 11.9 Å². The predicted molar refractivity (Wildman–Crippen MR) is 72.8 cm³/mol. The average molecular weight is 256 g/mol. The Morgan fingerprint density at radius 3 is 3.05 bits per heavy atom. The largest absolute Gasteiger partial charge is 0.309 e. The van der Waals surface area contributed by atoms with Gasteiger partial charge in [0.1, 0.15) is 11.9 Å². The molecular weight excluding hydrogens is 240 g/mol. The van der Waals surface area contributed by atoms with E-state index >= 15 is 0 Å². The third kappa shape index (κ3) is 2.24. The van der Waals surface area contributed by atoms with Gasteiger partial charge in [0.2, 0.25) is 5.91 Å². The predicted octanol–water partition coefficient (Wildman–Crippen LogP) is 1.54. The Hall–Kier alpha value is -2.14. The van der Waals surface area contributed by atoms with Gasteiger partial charge in [-0.1, -0.05) is 24.3 Å². The molecule has 0 bridgehead atoms. The number of anilines is 1. The summed E-state index contributed by atoms with van der Waals surface area (Å²) >= 11 is 0. The molecule has 5 nitrogen and oxygen atoms in total. The van der Waals surface area contributed by atoms with Crippen molar-refractivity contribution < 1.29 is 4.79 Å². The molecule has 0 saturated heterocycles. The number of amides is 1. The maximum atomic E-state index is 12.4. The lowest BCUT2D eigenvalue weighted by atomic mass is 9.94. The van der Waals surface area contributed by atoms with Gasteiger partial charge in [-0.15, -0.1) is 0 Å². The zero-order valence-electron chi connectivity index (χ0n) is 10.7. The second-order valence-electron chi connectivity index (χ2n) is 4.75. The van der Waals surface area contributed by atoms with Gasteiger partial charge in [0.15, 0.2) is 0 Å². The number of aromatic nitrogens is 2. The Kier molecular flexibility index (Phi) is 3.05. The quantitative estimate of drug-likeness (QED) is 0.763. The van der Waals surface area contributed by atoms with Crippen molar-refractivity contribution in [1.29, 1.82) is 0 Å². The fourth-order valence-corrected chi connectivity index (χ4v) is 2.41. The number of nitrogens with zero attached hydrogens (tertiary/aromatic N) is 1. The molecule has 1 amide bonds. The van der Waals surface area contributed by atoms with Gasteiger partial charge in [-0.3, -0.25) is 9.89 Å². The SMILES string of the molecule is Cc1cn[nH]c1NC(=O)C1NCCc2ccccc21. The van der Waals surface area contributed by atoms with E-state index in [0.29, 0.717) is 5.82 Å². The number of nitrogens with one attached hydrogen (secondary N) is 3. The van der Waals surface area contributed by atoms with Crippen molar-refractivity contribution in [2.45, 2.75) is 19.4 Å². The molecule has 1 aliphatic rings. The first kappa shape index (κ1) is 11.9. The second kappa shape index (κ2) is 4.85. The number of aromatic amines is 1. The number of carbonyl (C=O) groups is 1. The highest BCUT2D eigenvalue weighted by Crippen LogP contribution is 2.24. The Balaban J connectivity index is 1.84. The second-order valence-corrected chi connectivity index (χ2v) is 4.75. The molecule has 0 saturated carbocycles. The maximum Gasteiger partial charge on any atom is 0.247 e. The number of H-pyrrole nitrogens is 1. The Morgan fingerprint density at radius 1 is 1.42 bits per heavy atom. The van der Waals surface area contributed by atoms with Crippen molar-refractivity contribution >= 4 is 11.7 Å². The maximum absolute atomic E-state index is 12.4. The number of carbonyl (C=O) groups excluding carboxylic acids is 1. The van der Waals surface area contributed by atoms with Gasteiger partial charge in [-0.2, -0.15) is 5.10 Å². The summed E-state index contributed by atoms with van der Waals surface area (Å²) in [5, 5.41) is 12.8. The van der Waals surface area contributed by atoms with E-state index in [4.69, 9.17) is 0 Å². The summed E-state index contributed by atoms with van der Waals surface area (Å²) in [7, 11) is 0. The Labute approximate surface area is 111 Å². The zero-order valence-corrected chi connectivity index (χ0v) is 10.7. The van der Waals surface area contributed by atoms with Crippen LogP contribution in [0.4, 0.5) is 5.82 Å². The number of benzene rings is 1. The van der Waals surface area contributed by atoms with Gasteiger partial charge in [0, 0.05) is 12.1 Å². The molecule has 1 unspecified atom stereocenters. The van der Waals surface area contributed by atoms with Gasteiger partial charge in [-0.05, 0) is 24.5 Å². The smallest absolute Gasteiger partial charge is 0.247 e. The van der Waals surface area contributed by atoms with Crippen LogP contribution in [0.1, 0.15) is 22.7 Å². The standard InChI is InChI=1S/C14H16N4O/c1-9-8-16-18-13(9)17-14(19)12-11-5-3-2-4-10(11)6-7-15-12/h2-5,8,12,15H,6-7H2,1H3,(H2,16,17,18,19). The fourth-order valence-electron chi connectivity index (χ4n) is 2.41. The minimum absolute atomic E-state index is 0.0560. The van der Waals surface area contributed by atoms with Crippen LogP contribution in [0.25, 0.3) is 0 Å². The van der Waals surface area contributed by atoms with Crippen molar-refractivity contribution in [3.8, 4) is 0 Å². The molecule has 0 fully saturated rings. The summed E-state index contributed by atoms with van der Waals surface area (Å²) < 4.78 is 0. The van der Waals surface area contributed by atoms with E-state index in [1.807, 2.05) is 25.1 Å². The molecule has 2 heterocycles. The van der Waals surface area contributed by atoms with Gasteiger partial charge in [-0.25, -0.2) is 0 Å². The molecule has 0 radical (unpaired) electrons. The van der Waals surface area contributed by atoms with E-state index < -0.39 is 0 Å². The van der Waals surface area contributed by atoms with Crippen LogP contribution < -0.4 is 10.6 Å². The normalized spacial score (nSPS) is 17.8. The molecule has 1 atom stereocenters. The van der Waals surface area contributed by atoms with E-state index in [2.05, 4.69) is 26.9 Å².